The molecule has 1 atom stereocenters. The number of carboxylic acids is 1. The minimum atomic E-state index is -4.41. The SMILES string of the molecule is O=C(O)C(F)(F)C(=O)N1CCC(COc2ccc(F)cc2C2CCCC2)C1. The Labute approximate surface area is 155 Å². The van der Waals surface area contributed by atoms with Gasteiger partial charge in [-0.3, -0.25) is 4.79 Å². The molecule has 0 aromatic heterocycles. The van der Waals surface area contributed by atoms with Crippen LogP contribution in [-0.4, -0.2) is 47.5 Å². The standard InChI is InChI=1S/C19H22F3NO4/c20-14-5-6-16(15(9-14)13-3-1-2-4-13)27-11-12-7-8-23(10-12)17(24)19(21,22)18(25)26/h5-6,9,12-13H,1-4,7-8,10-11H2,(H,25,26). The third-order valence-electron chi connectivity index (χ3n) is 5.35. The fourth-order valence-corrected chi connectivity index (χ4v) is 3.86. The van der Waals surface area contributed by atoms with Gasteiger partial charge in [0.1, 0.15) is 11.6 Å². The zero-order valence-corrected chi connectivity index (χ0v) is 14.8. The molecule has 5 nitrogen and oxygen atoms in total. The van der Waals surface area contributed by atoms with Crippen LogP contribution in [0.3, 0.4) is 0 Å². The second-order valence-corrected chi connectivity index (χ2v) is 7.26. The number of likely N-dealkylation sites (tertiary alicyclic amines) is 1. The van der Waals surface area contributed by atoms with Crippen LogP contribution >= 0.6 is 0 Å². The van der Waals surface area contributed by atoms with Gasteiger partial charge in [0.05, 0.1) is 6.61 Å². The van der Waals surface area contributed by atoms with Gasteiger partial charge in [-0.25, -0.2) is 9.18 Å². The lowest BCUT2D eigenvalue weighted by molar-refractivity contribution is -0.177. The number of carbonyl (C=O) groups excluding carboxylic acids is 1. The molecule has 1 aromatic carbocycles. The molecule has 1 aliphatic carbocycles. The van der Waals surface area contributed by atoms with E-state index in [1.807, 2.05) is 0 Å². The Hall–Kier alpha value is -2.25. The molecule has 0 bridgehead atoms. The number of amides is 1. The maximum absolute atomic E-state index is 13.6. The highest BCUT2D eigenvalue weighted by Gasteiger charge is 2.51. The molecular weight excluding hydrogens is 363 g/mol. The molecule has 1 saturated heterocycles. The van der Waals surface area contributed by atoms with Crippen LogP contribution in [0.15, 0.2) is 18.2 Å². The van der Waals surface area contributed by atoms with Gasteiger partial charge in [-0.15, -0.1) is 0 Å². The van der Waals surface area contributed by atoms with Crippen molar-refractivity contribution in [2.24, 2.45) is 5.92 Å². The summed E-state index contributed by atoms with van der Waals surface area (Å²) < 4.78 is 46.2. The summed E-state index contributed by atoms with van der Waals surface area (Å²) in [6.07, 6.45) is 4.60. The maximum Gasteiger partial charge on any atom is 0.418 e. The molecule has 1 heterocycles. The van der Waals surface area contributed by atoms with Crippen LogP contribution in [0.1, 0.15) is 43.6 Å². The molecule has 27 heavy (non-hydrogen) atoms. The van der Waals surface area contributed by atoms with Crippen LogP contribution in [0.25, 0.3) is 0 Å². The lowest BCUT2D eigenvalue weighted by atomic mass is 9.96. The molecule has 3 rings (SSSR count). The predicted molar refractivity (Wildman–Crippen MR) is 90.4 cm³/mol. The van der Waals surface area contributed by atoms with Gasteiger partial charge in [-0.05, 0) is 43.4 Å². The highest BCUT2D eigenvalue weighted by atomic mass is 19.3. The first-order valence-electron chi connectivity index (χ1n) is 9.12. The number of hydrogen-bond donors (Lipinski definition) is 1. The number of nitrogens with zero attached hydrogens (tertiary/aromatic N) is 1. The molecular formula is C19H22F3NO4. The third-order valence-corrected chi connectivity index (χ3v) is 5.35. The van der Waals surface area contributed by atoms with Crippen LogP contribution in [0.2, 0.25) is 0 Å². The lowest BCUT2D eigenvalue weighted by Crippen LogP contribution is -2.47. The minimum Gasteiger partial charge on any atom is -0.493 e. The number of ether oxygens (including phenoxy) is 1. The van der Waals surface area contributed by atoms with Crippen LogP contribution < -0.4 is 4.74 Å². The Morgan fingerprint density at radius 3 is 2.59 bits per heavy atom. The number of hydrogen-bond acceptors (Lipinski definition) is 3. The van der Waals surface area contributed by atoms with Gasteiger partial charge in [0.25, 0.3) is 0 Å². The fraction of sp³-hybridized carbons (Fsp3) is 0.579. The van der Waals surface area contributed by atoms with Crippen LogP contribution in [-0.2, 0) is 9.59 Å². The molecule has 1 aromatic rings. The van der Waals surface area contributed by atoms with Crippen molar-refractivity contribution in [3.8, 4) is 5.75 Å². The minimum absolute atomic E-state index is 0.0155. The first-order chi connectivity index (χ1) is 12.8. The molecule has 8 heteroatoms. The molecule has 1 amide bonds. The van der Waals surface area contributed by atoms with Gasteiger partial charge in [0.15, 0.2) is 0 Å². The van der Waals surface area contributed by atoms with E-state index < -0.39 is 17.8 Å². The highest BCUT2D eigenvalue weighted by Crippen LogP contribution is 2.39. The average molecular weight is 385 g/mol. The first kappa shape index (κ1) is 19.5. The van der Waals surface area contributed by atoms with Crippen molar-refractivity contribution in [3.05, 3.63) is 29.6 Å². The summed E-state index contributed by atoms with van der Waals surface area (Å²) in [4.78, 5) is 23.1. The van der Waals surface area contributed by atoms with Gasteiger partial charge in [-0.2, -0.15) is 8.78 Å². The van der Waals surface area contributed by atoms with Gasteiger partial charge in [0.2, 0.25) is 0 Å². The van der Waals surface area contributed by atoms with E-state index in [1.54, 1.807) is 6.07 Å². The van der Waals surface area contributed by atoms with E-state index in [-0.39, 0.29) is 37.3 Å². The molecule has 1 saturated carbocycles. The molecule has 2 aliphatic rings. The van der Waals surface area contributed by atoms with Crippen LogP contribution in [0.5, 0.6) is 5.75 Å². The summed E-state index contributed by atoms with van der Waals surface area (Å²) in [5.74, 6) is -8.21. The Morgan fingerprint density at radius 1 is 1.22 bits per heavy atom. The Morgan fingerprint density at radius 2 is 1.93 bits per heavy atom. The third kappa shape index (κ3) is 4.20. The summed E-state index contributed by atoms with van der Waals surface area (Å²) in [5, 5.41) is 8.49. The van der Waals surface area contributed by atoms with Crippen molar-refractivity contribution in [2.75, 3.05) is 19.7 Å². The highest BCUT2D eigenvalue weighted by molar-refractivity contribution is 6.03. The Bertz CT molecular complexity index is 719. The summed E-state index contributed by atoms with van der Waals surface area (Å²) >= 11 is 0. The summed E-state index contributed by atoms with van der Waals surface area (Å²) in [7, 11) is 0. The zero-order valence-electron chi connectivity index (χ0n) is 14.8. The maximum atomic E-state index is 13.6. The first-order valence-corrected chi connectivity index (χ1v) is 9.12. The van der Waals surface area contributed by atoms with Crippen molar-refractivity contribution < 1.29 is 32.6 Å². The summed E-state index contributed by atoms with van der Waals surface area (Å²) in [6, 6.07) is 4.40. The van der Waals surface area contributed by atoms with Gasteiger partial charge in [-0.1, -0.05) is 12.8 Å². The van der Waals surface area contributed by atoms with Crippen molar-refractivity contribution >= 4 is 11.9 Å². The molecule has 2 fully saturated rings. The topological polar surface area (TPSA) is 66.8 Å². The number of alkyl halides is 2. The van der Waals surface area contributed by atoms with E-state index in [0.29, 0.717) is 12.2 Å². The Kier molecular flexibility index (Phi) is 5.62. The molecule has 148 valence electrons. The summed E-state index contributed by atoms with van der Waals surface area (Å²) in [6.45, 7) is 0.282. The number of rotatable bonds is 6. The smallest absolute Gasteiger partial charge is 0.418 e. The van der Waals surface area contributed by atoms with E-state index >= 15 is 0 Å². The predicted octanol–water partition coefficient (Wildman–Crippen LogP) is 3.43. The summed E-state index contributed by atoms with van der Waals surface area (Å²) in [5.41, 5.74) is 0.829. The van der Waals surface area contributed by atoms with Crippen molar-refractivity contribution in [1.29, 1.82) is 0 Å². The van der Waals surface area contributed by atoms with E-state index in [0.717, 1.165) is 36.1 Å². The lowest BCUT2D eigenvalue weighted by Gasteiger charge is -2.21. The van der Waals surface area contributed by atoms with Crippen molar-refractivity contribution in [2.45, 2.75) is 43.9 Å². The molecule has 1 aliphatic heterocycles. The van der Waals surface area contributed by atoms with Crippen LogP contribution in [0.4, 0.5) is 13.2 Å². The largest absolute Gasteiger partial charge is 0.493 e. The van der Waals surface area contributed by atoms with E-state index in [2.05, 4.69) is 0 Å². The second kappa shape index (κ2) is 7.78. The Balaban J connectivity index is 1.60. The zero-order chi connectivity index (χ0) is 19.6. The van der Waals surface area contributed by atoms with Crippen molar-refractivity contribution in [1.82, 2.24) is 4.90 Å². The molecule has 0 radical (unpaired) electrons. The average Bonchev–Trinajstić information content (AvgIpc) is 3.31. The van der Waals surface area contributed by atoms with E-state index in [1.165, 1.54) is 12.1 Å². The van der Waals surface area contributed by atoms with Crippen LogP contribution in [0, 0.1) is 11.7 Å². The van der Waals surface area contributed by atoms with Gasteiger partial charge >= 0.3 is 17.8 Å². The number of aliphatic carboxylic acids is 1. The van der Waals surface area contributed by atoms with Gasteiger partial charge in [0, 0.05) is 24.6 Å². The monoisotopic (exact) mass is 385 g/mol. The van der Waals surface area contributed by atoms with E-state index in [9.17, 15) is 22.8 Å². The normalized spacial score (nSPS) is 20.9. The number of carboxylic acid groups (broad SMARTS) is 1. The fourth-order valence-electron chi connectivity index (χ4n) is 3.86. The molecule has 1 N–H and O–H groups in total. The molecule has 1 unspecified atom stereocenters. The number of carbonyl (C=O) groups is 2. The van der Waals surface area contributed by atoms with E-state index in [4.69, 9.17) is 9.84 Å². The van der Waals surface area contributed by atoms with Gasteiger partial charge < -0.3 is 14.7 Å². The number of benzene rings is 1. The number of halogens is 3. The van der Waals surface area contributed by atoms with Crippen molar-refractivity contribution in [3.63, 3.8) is 0 Å². The quantitative estimate of drug-likeness (QED) is 0.762. The molecule has 0 spiro atoms. The second-order valence-electron chi connectivity index (χ2n) is 7.26.